The molecule has 0 saturated heterocycles. The molecule has 26 heavy (non-hydrogen) atoms. The summed E-state index contributed by atoms with van der Waals surface area (Å²) in [6.45, 7) is 3.85. The molecule has 1 aliphatic carbocycles. The van der Waals surface area contributed by atoms with Gasteiger partial charge in [0, 0.05) is 24.1 Å². The molecule has 1 fully saturated rings. The van der Waals surface area contributed by atoms with Crippen molar-refractivity contribution in [3.63, 3.8) is 0 Å². The minimum atomic E-state index is -0.0925. The Morgan fingerprint density at radius 1 is 1.19 bits per heavy atom. The molecule has 2 aromatic rings. The summed E-state index contributed by atoms with van der Waals surface area (Å²) in [6.07, 6.45) is 6.54. The fraction of sp³-hybridized carbons (Fsp3) is 0.526. The quantitative estimate of drug-likeness (QED) is 0.716. The number of amides is 2. The molecule has 3 rings (SSSR count). The van der Waals surface area contributed by atoms with Gasteiger partial charge in [-0.1, -0.05) is 5.16 Å². The SMILES string of the molecule is CC(CC(C)NC(=O)Cc1cc(C2CC2)on1)NC(=O)Cc1ccoc1. The molecular formula is C19H25N3O4. The highest BCUT2D eigenvalue weighted by atomic mass is 16.5. The zero-order valence-electron chi connectivity index (χ0n) is 15.2. The molecule has 0 bridgehead atoms. The molecule has 0 aromatic carbocycles. The van der Waals surface area contributed by atoms with Crippen molar-refractivity contribution in [3.8, 4) is 0 Å². The van der Waals surface area contributed by atoms with E-state index in [2.05, 4.69) is 15.8 Å². The summed E-state index contributed by atoms with van der Waals surface area (Å²) in [5.74, 6) is 1.22. The van der Waals surface area contributed by atoms with Crippen LogP contribution in [0.15, 0.2) is 33.6 Å². The first-order valence-corrected chi connectivity index (χ1v) is 9.05. The van der Waals surface area contributed by atoms with Crippen molar-refractivity contribution in [2.75, 3.05) is 0 Å². The largest absolute Gasteiger partial charge is 0.472 e. The average molecular weight is 359 g/mol. The minimum absolute atomic E-state index is 0.0433. The van der Waals surface area contributed by atoms with Gasteiger partial charge < -0.3 is 19.6 Å². The van der Waals surface area contributed by atoms with Gasteiger partial charge in [0.05, 0.1) is 31.1 Å². The lowest BCUT2D eigenvalue weighted by Gasteiger charge is -2.19. The van der Waals surface area contributed by atoms with Crippen LogP contribution in [-0.4, -0.2) is 29.1 Å². The number of rotatable bonds is 9. The van der Waals surface area contributed by atoms with E-state index in [0.717, 1.165) is 24.2 Å². The lowest BCUT2D eigenvalue weighted by atomic mass is 10.1. The molecule has 0 aliphatic heterocycles. The number of carbonyl (C=O) groups is 2. The Hall–Kier alpha value is -2.57. The van der Waals surface area contributed by atoms with Gasteiger partial charge in [0.25, 0.3) is 0 Å². The van der Waals surface area contributed by atoms with Gasteiger partial charge in [-0.2, -0.15) is 0 Å². The minimum Gasteiger partial charge on any atom is -0.472 e. The molecule has 2 atom stereocenters. The topological polar surface area (TPSA) is 97.4 Å². The van der Waals surface area contributed by atoms with Crippen molar-refractivity contribution in [1.82, 2.24) is 15.8 Å². The summed E-state index contributed by atoms with van der Waals surface area (Å²) in [7, 11) is 0. The molecule has 0 spiro atoms. The molecule has 1 saturated carbocycles. The van der Waals surface area contributed by atoms with E-state index < -0.39 is 0 Å². The standard InChI is InChI=1S/C19H25N3O4/c1-12(20-18(23)8-14-5-6-25-11-14)7-13(2)21-19(24)10-16-9-17(26-22-16)15-3-4-15/h5-6,9,11-13,15H,3-4,7-8,10H2,1-2H3,(H,20,23)(H,21,24). The Bertz CT molecular complexity index is 734. The number of hydrogen-bond donors (Lipinski definition) is 2. The molecule has 140 valence electrons. The Kier molecular flexibility index (Phi) is 5.75. The Labute approximate surface area is 152 Å². The second-order valence-electron chi connectivity index (χ2n) is 7.15. The molecule has 1 aliphatic rings. The molecule has 2 unspecified atom stereocenters. The van der Waals surface area contributed by atoms with E-state index >= 15 is 0 Å². The van der Waals surface area contributed by atoms with Crippen LogP contribution in [0.3, 0.4) is 0 Å². The molecule has 2 N–H and O–H groups in total. The fourth-order valence-electron chi connectivity index (χ4n) is 3.01. The van der Waals surface area contributed by atoms with Crippen LogP contribution in [-0.2, 0) is 22.4 Å². The van der Waals surface area contributed by atoms with Crippen LogP contribution >= 0.6 is 0 Å². The summed E-state index contributed by atoms with van der Waals surface area (Å²) in [5, 5.41) is 9.84. The lowest BCUT2D eigenvalue weighted by molar-refractivity contribution is -0.121. The highest BCUT2D eigenvalue weighted by Crippen LogP contribution is 2.40. The van der Waals surface area contributed by atoms with E-state index in [0.29, 0.717) is 18.0 Å². The predicted molar refractivity (Wildman–Crippen MR) is 94.4 cm³/mol. The van der Waals surface area contributed by atoms with Crippen molar-refractivity contribution in [1.29, 1.82) is 0 Å². The van der Waals surface area contributed by atoms with Crippen LogP contribution in [0, 0.1) is 0 Å². The van der Waals surface area contributed by atoms with Crippen molar-refractivity contribution in [2.45, 2.75) is 64.0 Å². The first-order chi connectivity index (χ1) is 12.5. The summed E-state index contributed by atoms with van der Waals surface area (Å²) < 4.78 is 10.2. The van der Waals surface area contributed by atoms with Gasteiger partial charge in [-0.05, 0) is 44.7 Å². The highest BCUT2D eigenvalue weighted by molar-refractivity contribution is 5.79. The predicted octanol–water partition coefficient (Wildman–Crippen LogP) is 2.33. The Balaban J connectivity index is 1.37. The van der Waals surface area contributed by atoms with Gasteiger partial charge in [-0.25, -0.2) is 0 Å². The van der Waals surface area contributed by atoms with Crippen molar-refractivity contribution >= 4 is 11.8 Å². The molecular weight excluding hydrogens is 334 g/mol. The van der Waals surface area contributed by atoms with E-state index in [9.17, 15) is 9.59 Å². The fourth-order valence-corrected chi connectivity index (χ4v) is 3.01. The maximum atomic E-state index is 12.1. The maximum absolute atomic E-state index is 12.1. The number of nitrogens with one attached hydrogen (secondary N) is 2. The van der Waals surface area contributed by atoms with Crippen molar-refractivity contribution < 1.29 is 18.5 Å². The normalized spacial score (nSPS) is 16.1. The Morgan fingerprint density at radius 3 is 2.50 bits per heavy atom. The molecule has 2 heterocycles. The van der Waals surface area contributed by atoms with Crippen molar-refractivity contribution in [2.24, 2.45) is 0 Å². The van der Waals surface area contributed by atoms with E-state index in [-0.39, 0.29) is 36.7 Å². The van der Waals surface area contributed by atoms with Gasteiger partial charge in [0.15, 0.2) is 0 Å². The summed E-state index contributed by atoms with van der Waals surface area (Å²) in [4.78, 5) is 24.1. The van der Waals surface area contributed by atoms with E-state index in [1.165, 1.54) is 0 Å². The van der Waals surface area contributed by atoms with E-state index in [1.54, 1.807) is 18.6 Å². The van der Waals surface area contributed by atoms with Crippen LogP contribution in [0.4, 0.5) is 0 Å². The van der Waals surface area contributed by atoms with Crippen LogP contribution < -0.4 is 10.6 Å². The number of hydrogen-bond acceptors (Lipinski definition) is 5. The van der Waals surface area contributed by atoms with Gasteiger partial charge in [-0.3, -0.25) is 9.59 Å². The Morgan fingerprint density at radius 2 is 1.88 bits per heavy atom. The third-order valence-electron chi connectivity index (χ3n) is 4.37. The third-order valence-corrected chi connectivity index (χ3v) is 4.37. The molecule has 7 nitrogen and oxygen atoms in total. The summed E-state index contributed by atoms with van der Waals surface area (Å²) >= 11 is 0. The maximum Gasteiger partial charge on any atom is 0.226 e. The monoisotopic (exact) mass is 359 g/mol. The first-order valence-electron chi connectivity index (χ1n) is 9.05. The lowest BCUT2D eigenvalue weighted by Crippen LogP contribution is -2.41. The molecule has 0 radical (unpaired) electrons. The van der Waals surface area contributed by atoms with Crippen LogP contribution in [0.2, 0.25) is 0 Å². The number of aromatic nitrogens is 1. The highest BCUT2D eigenvalue weighted by Gasteiger charge is 2.28. The smallest absolute Gasteiger partial charge is 0.226 e. The number of furan rings is 1. The molecule has 2 amide bonds. The second-order valence-corrected chi connectivity index (χ2v) is 7.15. The van der Waals surface area contributed by atoms with Gasteiger partial charge in [-0.15, -0.1) is 0 Å². The van der Waals surface area contributed by atoms with E-state index in [1.807, 2.05) is 19.9 Å². The van der Waals surface area contributed by atoms with Gasteiger partial charge in [0.1, 0.15) is 5.76 Å². The van der Waals surface area contributed by atoms with Crippen molar-refractivity contribution in [3.05, 3.63) is 41.7 Å². The van der Waals surface area contributed by atoms with Gasteiger partial charge in [0.2, 0.25) is 11.8 Å². The average Bonchev–Trinajstić information content (AvgIpc) is 3.08. The van der Waals surface area contributed by atoms with Crippen LogP contribution in [0.25, 0.3) is 0 Å². The number of nitrogens with zero attached hydrogens (tertiary/aromatic N) is 1. The third kappa shape index (κ3) is 5.47. The van der Waals surface area contributed by atoms with E-state index in [4.69, 9.17) is 8.94 Å². The second kappa shape index (κ2) is 8.21. The van der Waals surface area contributed by atoms with Crippen LogP contribution in [0.5, 0.6) is 0 Å². The van der Waals surface area contributed by atoms with Crippen LogP contribution in [0.1, 0.15) is 56.0 Å². The summed E-state index contributed by atoms with van der Waals surface area (Å²) in [5.41, 5.74) is 1.51. The molecule has 2 aromatic heterocycles. The number of carbonyl (C=O) groups excluding carboxylic acids is 2. The zero-order valence-corrected chi connectivity index (χ0v) is 15.2. The van der Waals surface area contributed by atoms with Gasteiger partial charge >= 0.3 is 0 Å². The summed E-state index contributed by atoms with van der Waals surface area (Å²) in [6, 6.07) is 3.55. The first kappa shape index (κ1) is 18.2. The molecule has 7 heteroatoms. The zero-order chi connectivity index (χ0) is 18.5.